The number of hydrogen-bond acceptors (Lipinski definition) is 3. The van der Waals surface area contributed by atoms with Crippen LogP contribution in [0.15, 0.2) is 24.4 Å². The van der Waals surface area contributed by atoms with Gasteiger partial charge >= 0.3 is 0 Å². The van der Waals surface area contributed by atoms with E-state index in [1.807, 2.05) is 12.3 Å². The highest BCUT2D eigenvalue weighted by Gasteiger charge is 2.22. The fourth-order valence-electron chi connectivity index (χ4n) is 2.79. The molecule has 0 aliphatic carbocycles. The summed E-state index contributed by atoms with van der Waals surface area (Å²) in [7, 11) is 0. The number of rotatable bonds is 7. The van der Waals surface area contributed by atoms with Crippen LogP contribution in [0, 0.1) is 0 Å². The third-order valence-electron chi connectivity index (χ3n) is 4.18. The smallest absolute Gasteiger partial charge is 0.0894 e. The second-order valence-electron chi connectivity index (χ2n) is 5.56. The van der Waals surface area contributed by atoms with Crippen molar-refractivity contribution < 1.29 is 4.39 Å². The standard InChI is InChI=1S/C16H26FN3/c1-15(16-7-3-5-9-18-16)20-13-11-19(12-14-20)10-6-2-4-8-17/h3,5,7,9,15H,2,4,6,8,10-14H2,1H3. The number of pyridine rings is 1. The summed E-state index contributed by atoms with van der Waals surface area (Å²) in [5.74, 6) is 0. The SMILES string of the molecule is CC(c1ccccn1)N1CCN(CCCCCF)CC1. The van der Waals surface area contributed by atoms with Crippen molar-refractivity contribution in [2.45, 2.75) is 32.2 Å². The molecule has 1 aliphatic heterocycles. The zero-order chi connectivity index (χ0) is 14.2. The highest BCUT2D eigenvalue weighted by atomic mass is 19.1. The summed E-state index contributed by atoms with van der Waals surface area (Å²) in [6, 6.07) is 6.52. The lowest BCUT2D eigenvalue weighted by Gasteiger charge is -2.37. The first-order chi connectivity index (χ1) is 9.81. The van der Waals surface area contributed by atoms with Crippen LogP contribution in [-0.2, 0) is 0 Å². The van der Waals surface area contributed by atoms with Crippen LogP contribution >= 0.6 is 0 Å². The van der Waals surface area contributed by atoms with Gasteiger partial charge in [0.25, 0.3) is 0 Å². The number of hydrogen-bond donors (Lipinski definition) is 0. The minimum atomic E-state index is -0.171. The van der Waals surface area contributed by atoms with Crippen molar-refractivity contribution in [3.8, 4) is 0 Å². The second kappa shape index (κ2) is 8.32. The van der Waals surface area contributed by atoms with Crippen LogP contribution in [0.5, 0.6) is 0 Å². The van der Waals surface area contributed by atoms with Gasteiger partial charge in [-0.2, -0.15) is 0 Å². The molecule has 1 aromatic heterocycles. The first-order valence-electron chi connectivity index (χ1n) is 7.74. The van der Waals surface area contributed by atoms with Gasteiger partial charge in [0, 0.05) is 38.4 Å². The van der Waals surface area contributed by atoms with E-state index in [0.717, 1.165) is 57.7 Å². The van der Waals surface area contributed by atoms with Gasteiger partial charge < -0.3 is 4.90 Å². The van der Waals surface area contributed by atoms with E-state index < -0.39 is 0 Å². The number of piperazine rings is 1. The Bertz CT molecular complexity index is 363. The van der Waals surface area contributed by atoms with E-state index in [-0.39, 0.29) is 6.67 Å². The largest absolute Gasteiger partial charge is 0.301 e. The van der Waals surface area contributed by atoms with E-state index in [1.54, 1.807) is 0 Å². The summed E-state index contributed by atoms with van der Waals surface area (Å²) < 4.78 is 12.0. The molecule has 1 fully saturated rings. The van der Waals surface area contributed by atoms with Gasteiger partial charge in [-0.15, -0.1) is 0 Å². The quantitative estimate of drug-likeness (QED) is 0.715. The number of unbranched alkanes of at least 4 members (excludes halogenated alkanes) is 2. The molecule has 0 aromatic carbocycles. The summed E-state index contributed by atoms with van der Waals surface area (Å²) in [6.45, 7) is 7.61. The summed E-state index contributed by atoms with van der Waals surface area (Å²) >= 11 is 0. The van der Waals surface area contributed by atoms with Crippen molar-refractivity contribution in [2.24, 2.45) is 0 Å². The Kier molecular flexibility index (Phi) is 6.40. The van der Waals surface area contributed by atoms with Crippen molar-refractivity contribution in [1.29, 1.82) is 0 Å². The third kappa shape index (κ3) is 4.53. The molecular weight excluding hydrogens is 253 g/mol. The Labute approximate surface area is 121 Å². The number of nitrogens with zero attached hydrogens (tertiary/aromatic N) is 3. The van der Waals surface area contributed by atoms with Gasteiger partial charge in [0.2, 0.25) is 0 Å². The predicted octanol–water partition coefficient (Wildman–Crippen LogP) is 2.90. The van der Waals surface area contributed by atoms with Gasteiger partial charge in [0.1, 0.15) is 0 Å². The minimum absolute atomic E-state index is 0.171. The fourth-order valence-corrected chi connectivity index (χ4v) is 2.79. The Balaban J connectivity index is 1.71. The number of aromatic nitrogens is 1. The highest BCUT2D eigenvalue weighted by Crippen LogP contribution is 2.19. The third-order valence-corrected chi connectivity index (χ3v) is 4.18. The monoisotopic (exact) mass is 279 g/mol. The van der Waals surface area contributed by atoms with Gasteiger partial charge in [-0.25, -0.2) is 0 Å². The lowest BCUT2D eigenvalue weighted by Crippen LogP contribution is -2.47. The molecule has 1 aromatic rings. The molecule has 0 radical (unpaired) electrons. The summed E-state index contributed by atoms with van der Waals surface area (Å²) in [4.78, 5) is 9.45. The maximum atomic E-state index is 12.0. The molecule has 3 nitrogen and oxygen atoms in total. The maximum Gasteiger partial charge on any atom is 0.0894 e. The van der Waals surface area contributed by atoms with Crippen molar-refractivity contribution in [3.05, 3.63) is 30.1 Å². The fraction of sp³-hybridized carbons (Fsp3) is 0.688. The van der Waals surface area contributed by atoms with Gasteiger partial charge in [0.05, 0.1) is 12.4 Å². The Morgan fingerprint density at radius 3 is 2.60 bits per heavy atom. The van der Waals surface area contributed by atoms with Crippen LogP contribution < -0.4 is 0 Å². The van der Waals surface area contributed by atoms with Crippen LogP contribution in [0.3, 0.4) is 0 Å². The average molecular weight is 279 g/mol. The summed E-state index contributed by atoms with van der Waals surface area (Å²) in [6.07, 6.45) is 4.73. The van der Waals surface area contributed by atoms with Crippen LogP contribution in [0.1, 0.15) is 37.9 Å². The molecule has 2 heterocycles. The van der Waals surface area contributed by atoms with E-state index >= 15 is 0 Å². The number of halogens is 1. The molecule has 0 N–H and O–H groups in total. The van der Waals surface area contributed by atoms with Crippen molar-refractivity contribution >= 4 is 0 Å². The molecule has 2 rings (SSSR count). The minimum Gasteiger partial charge on any atom is -0.301 e. The van der Waals surface area contributed by atoms with Crippen LogP contribution in [0.4, 0.5) is 4.39 Å². The van der Waals surface area contributed by atoms with Gasteiger partial charge in [-0.3, -0.25) is 14.3 Å². The lowest BCUT2D eigenvalue weighted by atomic mass is 10.1. The van der Waals surface area contributed by atoms with Gasteiger partial charge in [-0.05, 0) is 44.9 Å². The lowest BCUT2D eigenvalue weighted by molar-refractivity contribution is 0.0994. The normalized spacial score (nSPS) is 19.1. The van der Waals surface area contributed by atoms with E-state index in [1.165, 1.54) is 0 Å². The average Bonchev–Trinajstić information content (AvgIpc) is 2.52. The van der Waals surface area contributed by atoms with Crippen molar-refractivity contribution in [2.75, 3.05) is 39.4 Å². The molecule has 20 heavy (non-hydrogen) atoms. The maximum absolute atomic E-state index is 12.0. The van der Waals surface area contributed by atoms with Crippen molar-refractivity contribution in [1.82, 2.24) is 14.8 Å². The molecule has 0 saturated carbocycles. The molecule has 0 bridgehead atoms. The molecule has 1 saturated heterocycles. The topological polar surface area (TPSA) is 19.4 Å². The molecule has 1 aliphatic rings. The van der Waals surface area contributed by atoms with Gasteiger partial charge in [-0.1, -0.05) is 6.07 Å². The Morgan fingerprint density at radius 1 is 1.15 bits per heavy atom. The Morgan fingerprint density at radius 2 is 1.95 bits per heavy atom. The zero-order valence-electron chi connectivity index (χ0n) is 12.5. The van der Waals surface area contributed by atoms with Gasteiger partial charge in [0.15, 0.2) is 0 Å². The van der Waals surface area contributed by atoms with E-state index in [2.05, 4.69) is 33.8 Å². The first kappa shape index (κ1) is 15.4. The van der Waals surface area contributed by atoms with Crippen LogP contribution in [-0.4, -0.2) is 54.2 Å². The first-order valence-corrected chi connectivity index (χ1v) is 7.74. The summed E-state index contributed by atoms with van der Waals surface area (Å²) in [5, 5.41) is 0. The summed E-state index contributed by atoms with van der Waals surface area (Å²) in [5.41, 5.74) is 1.16. The molecule has 1 atom stereocenters. The molecular formula is C16H26FN3. The second-order valence-corrected chi connectivity index (χ2v) is 5.56. The molecule has 1 unspecified atom stereocenters. The molecule has 0 spiro atoms. The molecule has 0 amide bonds. The molecule has 112 valence electrons. The van der Waals surface area contributed by atoms with E-state index in [9.17, 15) is 4.39 Å². The highest BCUT2D eigenvalue weighted by molar-refractivity contribution is 5.08. The zero-order valence-corrected chi connectivity index (χ0v) is 12.5. The number of alkyl halides is 1. The predicted molar refractivity (Wildman–Crippen MR) is 80.5 cm³/mol. The molecule has 4 heteroatoms. The van der Waals surface area contributed by atoms with E-state index in [4.69, 9.17) is 0 Å². The van der Waals surface area contributed by atoms with Crippen LogP contribution in [0.25, 0.3) is 0 Å². The van der Waals surface area contributed by atoms with Crippen LogP contribution in [0.2, 0.25) is 0 Å². The van der Waals surface area contributed by atoms with Crippen molar-refractivity contribution in [3.63, 3.8) is 0 Å². The van der Waals surface area contributed by atoms with E-state index in [0.29, 0.717) is 6.04 Å². The Hall–Kier alpha value is -1.00.